The molecule has 0 bridgehead atoms. The van der Waals surface area contributed by atoms with E-state index in [1.165, 1.54) is 0 Å². The Morgan fingerprint density at radius 1 is 1.04 bits per heavy atom. The number of sulfonamides is 1. The lowest BCUT2D eigenvalue weighted by Crippen LogP contribution is -2.25. The lowest BCUT2D eigenvalue weighted by Gasteiger charge is -2.09. The largest absolute Gasteiger partial charge is 0.323 e. The highest BCUT2D eigenvalue weighted by molar-refractivity contribution is 7.88. The van der Waals surface area contributed by atoms with E-state index in [1.54, 1.807) is 18.2 Å². The number of imidazole rings is 1. The van der Waals surface area contributed by atoms with Crippen LogP contribution in [0.5, 0.6) is 0 Å². The SMILES string of the molecule is Cc1ccccc1CS(=O)(=O)NCc1ccc2[nH]c(=O)[nH]c2c1. The molecule has 23 heavy (non-hydrogen) atoms. The smallest absolute Gasteiger partial charge is 0.306 e. The normalized spacial score (nSPS) is 11.9. The summed E-state index contributed by atoms with van der Waals surface area (Å²) in [7, 11) is -3.43. The minimum atomic E-state index is -3.43. The molecule has 6 nitrogen and oxygen atoms in total. The molecule has 0 amide bonds. The van der Waals surface area contributed by atoms with Crippen molar-refractivity contribution in [3.63, 3.8) is 0 Å². The molecule has 0 saturated carbocycles. The lowest BCUT2D eigenvalue weighted by molar-refractivity contribution is 0.580. The highest BCUT2D eigenvalue weighted by atomic mass is 32.2. The van der Waals surface area contributed by atoms with E-state index in [0.717, 1.165) is 16.7 Å². The van der Waals surface area contributed by atoms with Gasteiger partial charge in [0, 0.05) is 6.54 Å². The van der Waals surface area contributed by atoms with Gasteiger partial charge in [-0.1, -0.05) is 30.3 Å². The fourth-order valence-corrected chi connectivity index (χ4v) is 3.63. The number of hydrogen-bond donors (Lipinski definition) is 3. The predicted octanol–water partition coefficient (Wildman–Crippen LogP) is 1.78. The number of nitrogens with one attached hydrogen (secondary N) is 3. The first-order valence-corrected chi connectivity index (χ1v) is 8.81. The minimum absolute atomic E-state index is 0.0527. The average molecular weight is 331 g/mol. The summed E-state index contributed by atoms with van der Waals surface area (Å²) in [4.78, 5) is 16.5. The van der Waals surface area contributed by atoms with Crippen LogP contribution >= 0.6 is 0 Å². The molecule has 0 spiro atoms. The Bertz CT molecular complexity index is 1000. The van der Waals surface area contributed by atoms with Gasteiger partial charge in [-0.05, 0) is 35.7 Å². The lowest BCUT2D eigenvalue weighted by atomic mass is 10.1. The van der Waals surface area contributed by atoms with Gasteiger partial charge in [-0.15, -0.1) is 0 Å². The number of H-pyrrole nitrogens is 2. The molecule has 0 aliphatic rings. The molecule has 3 aromatic rings. The van der Waals surface area contributed by atoms with Crippen molar-refractivity contribution >= 4 is 21.1 Å². The summed E-state index contributed by atoms with van der Waals surface area (Å²) in [6, 6.07) is 12.7. The Hall–Kier alpha value is -2.38. The summed E-state index contributed by atoms with van der Waals surface area (Å²) in [5.74, 6) is -0.0527. The Balaban J connectivity index is 1.72. The van der Waals surface area contributed by atoms with E-state index in [-0.39, 0.29) is 18.0 Å². The Morgan fingerprint density at radius 3 is 2.57 bits per heavy atom. The van der Waals surface area contributed by atoms with E-state index in [1.807, 2.05) is 31.2 Å². The van der Waals surface area contributed by atoms with Crippen molar-refractivity contribution in [3.05, 3.63) is 69.6 Å². The monoisotopic (exact) mass is 331 g/mol. The third-order valence-electron chi connectivity index (χ3n) is 3.68. The minimum Gasteiger partial charge on any atom is -0.306 e. The maximum absolute atomic E-state index is 12.2. The van der Waals surface area contributed by atoms with Crippen molar-refractivity contribution in [1.82, 2.24) is 14.7 Å². The molecule has 120 valence electrons. The van der Waals surface area contributed by atoms with Crippen molar-refractivity contribution < 1.29 is 8.42 Å². The van der Waals surface area contributed by atoms with E-state index < -0.39 is 10.0 Å². The van der Waals surface area contributed by atoms with Gasteiger partial charge in [-0.3, -0.25) is 0 Å². The average Bonchev–Trinajstić information content (AvgIpc) is 2.87. The predicted molar refractivity (Wildman–Crippen MR) is 89.6 cm³/mol. The van der Waals surface area contributed by atoms with Crippen LogP contribution in [-0.4, -0.2) is 18.4 Å². The van der Waals surface area contributed by atoms with Gasteiger partial charge in [0.1, 0.15) is 0 Å². The molecule has 2 aromatic carbocycles. The maximum Gasteiger partial charge on any atom is 0.323 e. The molecule has 0 radical (unpaired) electrons. The molecule has 0 aliphatic heterocycles. The first-order valence-electron chi connectivity index (χ1n) is 7.16. The van der Waals surface area contributed by atoms with Crippen molar-refractivity contribution in [3.8, 4) is 0 Å². The molecule has 3 rings (SSSR count). The number of rotatable bonds is 5. The maximum atomic E-state index is 12.2. The van der Waals surface area contributed by atoms with Crippen molar-refractivity contribution in [2.75, 3.05) is 0 Å². The van der Waals surface area contributed by atoms with Gasteiger partial charge in [-0.2, -0.15) is 0 Å². The van der Waals surface area contributed by atoms with Gasteiger partial charge in [0.15, 0.2) is 0 Å². The highest BCUT2D eigenvalue weighted by Gasteiger charge is 2.13. The molecule has 0 fully saturated rings. The van der Waals surface area contributed by atoms with E-state index in [9.17, 15) is 13.2 Å². The Labute approximate surface area is 133 Å². The zero-order valence-corrected chi connectivity index (χ0v) is 13.4. The van der Waals surface area contributed by atoms with Gasteiger partial charge < -0.3 is 9.97 Å². The fourth-order valence-electron chi connectivity index (χ4n) is 2.41. The second-order valence-electron chi connectivity index (χ2n) is 5.47. The van der Waals surface area contributed by atoms with Crippen molar-refractivity contribution in [2.24, 2.45) is 0 Å². The molecule has 1 aromatic heterocycles. The van der Waals surface area contributed by atoms with Crippen LogP contribution < -0.4 is 10.4 Å². The standard InChI is InChI=1S/C16H17N3O3S/c1-11-4-2-3-5-13(11)10-23(21,22)17-9-12-6-7-14-15(8-12)19-16(20)18-14/h2-8,17H,9-10H2,1H3,(H2,18,19,20). The van der Waals surface area contributed by atoms with Gasteiger partial charge in [0.05, 0.1) is 16.8 Å². The summed E-state index contributed by atoms with van der Waals surface area (Å²) in [6.07, 6.45) is 0. The Kier molecular flexibility index (Phi) is 4.06. The first-order chi connectivity index (χ1) is 10.9. The molecular weight excluding hydrogens is 314 g/mol. The number of aryl methyl sites for hydroxylation is 1. The summed E-state index contributed by atoms with van der Waals surface area (Å²) >= 11 is 0. The molecule has 3 N–H and O–H groups in total. The zero-order valence-electron chi connectivity index (χ0n) is 12.6. The Morgan fingerprint density at radius 2 is 1.78 bits per heavy atom. The van der Waals surface area contributed by atoms with E-state index in [4.69, 9.17) is 0 Å². The molecule has 7 heteroatoms. The van der Waals surface area contributed by atoms with E-state index in [0.29, 0.717) is 11.0 Å². The molecule has 0 aliphatic carbocycles. The zero-order chi connectivity index (χ0) is 16.4. The number of fused-ring (bicyclic) bond motifs is 1. The van der Waals surface area contributed by atoms with Crippen LogP contribution in [0.1, 0.15) is 16.7 Å². The van der Waals surface area contributed by atoms with Crippen LogP contribution in [0.3, 0.4) is 0 Å². The van der Waals surface area contributed by atoms with Gasteiger partial charge in [0.25, 0.3) is 0 Å². The molecular formula is C16H17N3O3S. The van der Waals surface area contributed by atoms with E-state index >= 15 is 0 Å². The number of aromatic amines is 2. The van der Waals surface area contributed by atoms with E-state index in [2.05, 4.69) is 14.7 Å². The fraction of sp³-hybridized carbons (Fsp3) is 0.188. The van der Waals surface area contributed by atoms with Crippen LogP contribution in [0, 0.1) is 6.92 Å². The van der Waals surface area contributed by atoms with Crippen LogP contribution in [0.4, 0.5) is 0 Å². The van der Waals surface area contributed by atoms with Crippen LogP contribution in [-0.2, 0) is 22.3 Å². The summed E-state index contributed by atoms with van der Waals surface area (Å²) < 4.78 is 27.0. The molecule has 0 unspecified atom stereocenters. The van der Waals surface area contributed by atoms with Crippen molar-refractivity contribution in [2.45, 2.75) is 19.2 Å². The highest BCUT2D eigenvalue weighted by Crippen LogP contribution is 2.13. The summed E-state index contributed by atoms with van der Waals surface area (Å²) in [6.45, 7) is 2.07. The first kappa shape index (κ1) is 15.5. The third kappa shape index (κ3) is 3.69. The van der Waals surface area contributed by atoms with Gasteiger partial charge in [0.2, 0.25) is 10.0 Å². The van der Waals surface area contributed by atoms with Gasteiger partial charge in [-0.25, -0.2) is 17.9 Å². The molecule has 0 saturated heterocycles. The third-order valence-corrected chi connectivity index (χ3v) is 4.96. The number of hydrogen-bond acceptors (Lipinski definition) is 3. The second kappa shape index (κ2) is 6.02. The number of benzene rings is 2. The van der Waals surface area contributed by atoms with Crippen LogP contribution in [0.2, 0.25) is 0 Å². The van der Waals surface area contributed by atoms with Gasteiger partial charge >= 0.3 is 5.69 Å². The van der Waals surface area contributed by atoms with Crippen LogP contribution in [0.25, 0.3) is 11.0 Å². The molecule has 1 heterocycles. The van der Waals surface area contributed by atoms with Crippen LogP contribution in [0.15, 0.2) is 47.3 Å². The van der Waals surface area contributed by atoms with Crippen molar-refractivity contribution in [1.29, 1.82) is 0 Å². The summed E-state index contributed by atoms with van der Waals surface area (Å²) in [5.41, 5.74) is 3.58. The molecule has 0 atom stereocenters. The summed E-state index contributed by atoms with van der Waals surface area (Å²) in [5, 5.41) is 0. The quantitative estimate of drug-likeness (QED) is 0.665. The topological polar surface area (TPSA) is 94.8 Å². The second-order valence-corrected chi connectivity index (χ2v) is 7.27. The number of aromatic nitrogens is 2.